The van der Waals surface area contributed by atoms with Crippen LogP contribution in [0.4, 0.5) is 0 Å². The third kappa shape index (κ3) is 1.35. The highest BCUT2D eigenvalue weighted by Gasteiger charge is 2.03. The van der Waals surface area contributed by atoms with Crippen LogP contribution >= 0.6 is 12.6 Å². The molecule has 1 aromatic carbocycles. The largest absolute Gasteiger partial charge is 0.496 e. The van der Waals surface area contributed by atoms with E-state index in [1.54, 1.807) is 13.3 Å². The number of aromatic nitrogens is 1. The SMILES string of the molecule is COc1ccc(S)c2ncccc12. The van der Waals surface area contributed by atoms with E-state index < -0.39 is 0 Å². The summed E-state index contributed by atoms with van der Waals surface area (Å²) in [5.41, 5.74) is 0.880. The minimum absolute atomic E-state index is 0.834. The van der Waals surface area contributed by atoms with Crippen LogP contribution in [0, 0.1) is 0 Å². The highest BCUT2D eigenvalue weighted by molar-refractivity contribution is 7.80. The monoisotopic (exact) mass is 191 g/mol. The van der Waals surface area contributed by atoms with Crippen molar-refractivity contribution in [3.63, 3.8) is 0 Å². The average molecular weight is 191 g/mol. The Labute approximate surface area is 82.0 Å². The zero-order valence-electron chi connectivity index (χ0n) is 7.19. The molecule has 0 atom stereocenters. The third-order valence-electron chi connectivity index (χ3n) is 1.93. The van der Waals surface area contributed by atoms with E-state index in [2.05, 4.69) is 17.6 Å². The number of pyridine rings is 1. The summed E-state index contributed by atoms with van der Waals surface area (Å²) in [4.78, 5) is 5.10. The molecule has 2 aromatic rings. The molecular weight excluding hydrogens is 182 g/mol. The van der Waals surface area contributed by atoms with E-state index in [-0.39, 0.29) is 0 Å². The summed E-state index contributed by atoms with van der Waals surface area (Å²) in [6.45, 7) is 0. The normalized spacial score (nSPS) is 10.3. The van der Waals surface area contributed by atoms with E-state index >= 15 is 0 Å². The van der Waals surface area contributed by atoms with Crippen molar-refractivity contribution in [2.24, 2.45) is 0 Å². The van der Waals surface area contributed by atoms with E-state index in [1.165, 1.54) is 0 Å². The zero-order chi connectivity index (χ0) is 9.26. The van der Waals surface area contributed by atoms with Crippen molar-refractivity contribution in [3.8, 4) is 5.75 Å². The van der Waals surface area contributed by atoms with Crippen molar-refractivity contribution in [1.29, 1.82) is 0 Å². The van der Waals surface area contributed by atoms with E-state index in [1.807, 2.05) is 24.3 Å². The topological polar surface area (TPSA) is 22.1 Å². The first-order valence-electron chi connectivity index (χ1n) is 3.93. The molecule has 13 heavy (non-hydrogen) atoms. The fourth-order valence-electron chi connectivity index (χ4n) is 1.31. The quantitative estimate of drug-likeness (QED) is 0.700. The zero-order valence-corrected chi connectivity index (χ0v) is 8.08. The lowest BCUT2D eigenvalue weighted by Crippen LogP contribution is -1.86. The molecule has 0 fully saturated rings. The Morgan fingerprint density at radius 2 is 2.15 bits per heavy atom. The second kappa shape index (κ2) is 3.26. The lowest BCUT2D eigenvalue weighted by atomic mass is 10.2. The van der Waals surface area contributed by atoms with Crippen molar-refractivity contribution in [1.82, 2.24) is 4.98 Å². The van der Waals surface area contributed by atoms with Crippen LogP contribution in [-0.2, 0) is 0 Å². The van der Waals surface area contributed by atoms with Gasteiger partial charge in [-0.15, -0.1) is 12.6 Å². The van der Waals surface area contributed by atoms with Crippen molar-refractivity contribution in [3.05, 3.63) is 30.5 Å². The number of ether oxygens (including phenoxy) is 1. The number of thiol groups is 1. The first kappa shape index (κ1) is 8.38. The molecule has 0 N–H and O–H groups in total. The van der Waals surface area contributed by atoms with Gasteiger partial charge in [0.15, 0.2) is 0 Å². The molecule has 0 bridgehead atoms. The molecule has 2 rings (SSSR count). The van der Waals surface area contributed by atoms with Crippen molar-refractivity contribution in [2.75, 3.05) is 7.11 Å². The van der Waals surface area contributed by atoms with E-state index in [0.717, 1.165) is 21.5 Å². The molecule has 3 heteroatoms. The fraction of sp³-hybridized carbons (Fsp3) is 0.100. The maximum absolute atomic E-state index is 5.21. The van der Waals surface area contributed by atoms with Gasteiger partial charge in [0.1, 0.15) is 5.75 Å². The standard InChI is InChI=1S/C10H9NOS/c1-12-8-4-5-9(13)10-7(8)3-2-6-11-10/h2-6,13H,1H3. The summed E-state index contributed by atoms with van der Waals surface area (Å²) in [7, 11) is 1.65. The summed E-state index contributed by atoms with van der Waals surface area (Å²) in [6.07, 6.45) is 1.75. The van der Waals surface area contributed by atoms with Gasteiger partial charge < -0.3 is 4.74 Å². The Balaban J connectivity index is 2.84. The number of benzene rings is 1. The maximum atomic E-state index is 5.21. The van der Waals surface area contributed by atoms with Crippen LogP contribution in [0.25, 0.3) is 10.9 Å². The van der Waals surface area contributed by atoms with Gasteiger partial charge in [-0.05, 0) is 24.3 Å². The number of hydrogen-bond donors (Lipinski definition) is 1. The molecule has 0 saturated heterocycles. The second-order valence-corrected chi connectivity index (χ2v) is 3.17. The first-order valence-corrected chi connectivity index (χ1v) is 4.38. The fourth-order valence-corrected chi connectivity index (χ4v) is 1.56. The predicted octanol–water partition coefficient (Wildman–Crippen LogP) is 2.53. The molecule has 0 aliphatic rings. The van der Waals surface area contributed by atoms with Crippen molar-refractivity contribution < 1.29 is 4.74 Å². The molecule has 66 valence electrons. The summed E-state index contributed by atoms with van der Waals surface area (Å²) in [5, 5.41) is 0.998. The van der Waals surface area contributed by atoms with Gasteiger partial charge in [0.2, 0.25) is 0 Å². The molecule has 0 unspecified atom stereocenters. The Morgan fingerprint density at radius 1 is 1.31 bits per heavy atom. The molecule has 0 saturated carbocycles. The summed E-state index contributed by atoms with van der Waals surface area (Å²) in [5.74, 6) is 0.834. The molecular formula is C10H9NOS. The number of hydrogen-bond acceptors (Lipinski definition) is 3. The highest BCUT2D eigenvalue weighted by Crippen LogP contribution is 2.28. The van der Waals surface area contributed by atoms with Crippen molar-refractivity contribution in [2.45, 2.75) is 4.90 Å². The predicted molar refractivity (Wildman–Crippen MR) is 55.5 cm³/mol. The van der Waals surface area contributed by atoms with Gasteiger partial charge in [-0.25, -0.2) is 0 Å². The van der Waals surface area contributed by atoms with Gasteiger partial charge in [-0.3, -0.25) is 4.98 Å². The molecule has 0 amide bonds. The molecule has 0 radical (unpaired) electrons. The van der Waals surface area contributed by atoms with Gasteiger partial charge in [0, 0.05) is 16.5 Å². The maximum Gasteiger partial charge on any atom is 0.128 e. The van der Waals surface area contributed by atoms with Crippen LogP contribution in [-0.4, -0.2) is 12.1 Å². The Hall–Kier alpha value is -1.22. The minimum Gasteiger partial charge on any atom is -0.496 e. The average Bonchev–Trinajstić information content (AvgIpc) is 2.19. The van der Waals surface area contributed by atoms with Gasteiger partial charge in [-0.1, -0.05) is 0 Å². The van der Waals surface area contributed by atoms with Crippen LogP contribution in [0.15, 0.2) is 35.4 Å². The first-order chi connectivity index (χ1) is 6.33. The van der Waals surface area contributed by atoms with Crippen LogP contribution < -0.4 is 4.74 Å². The summed E-state index contributed by atoms with van der Waals surface area (Å²) < 4.78 is 5.21. The lowest BCUT2D eigenvalue weighted by molar-refractivity contribution is 0.419. The highest BCUT2D eigenvalue weighted by atomic mass is 32.1. The van der Waals surface area contributed by atoms with Gasteiger partial charge in [0.25, 0.3) is 0 Å². The number of nitrogens with zero attached hydrogens (tertiary/aromatic N) is 1. The molecule has 0 aliphatic heterocycles. The van der Waals surface area contributed by atoms with Gasteiger partial charge in [0.05, 0.1) is 12.6 Å². The Bertz CT molecular complexity index is 442. The van der Waals surface area contributed by atoms with E-state index in [0.29, 0.717) is 0 Å². The molecule has 0 spiro atoms. The van der Waals surface area contributed by atoms with Gasteiger partial charge >= 0.3 is 0 Å². The second-order valence-electron chi connectivity index (χ2n) is 2.69. The summed E-state index contributed by atoms with van der Waals surface area (Å²) >= 11 is 4.32. The van der Waals surface area contributed by atoms with Crippen LogP contribution in [0.1, 0.15) is 0 Å². The van der Waals surface area contributed by atoms with Crippen LogP contribution in [0.2, 0.25) is 0 Å². The van der Waals surface area contributed by atoms with E-state index in [4.69, 9.17) is 4.74 Å². The molecule has 2 nitrogen and oxygen atoms in total. The third-order valence-corrected chi connectivity index (χ3v) is 2.29. The number of methoxy groups -OCH3 is 1. The Morgan fingerprint density at radius 3 is 2.92 bits per heavy atom. The molecule has 1 aromatic heterocycles. The van der Waals surface area contributed by atoms with Crippen molar-refractivity contribution >= 4 is 23.5 Å². The number of fused-ring (bicyclic) bond motifs is 1. The lowest BCUT2D eigenvalue weighted by Gasteiger charge is -2.05. The van der Waals surface area contributed by atoms with Gasteiger partial charge in [-0.2, -0.15) is 0 Å². The van der Waals surface area contributed by atoms with E-state index in [9.17, 15) is 0 Å². The molecule has 0 aliphatic carbocycles. The van der Waals surface area contributed by atoms with Crippen LogP contribution in [0.3, 0.4) is 0 Å². The Kier molecular flexibility index (Phi) is 2.10. The minimum atomic E-state index is 0.834. The van der Waals surface area contributed by atoms with Crippen LogP contribution in [0.5, 0.6) is 5.75 Å². The smallest absolute Gasteiger partial charge is 0.128 e. The summed E-state index contributed by atoms with van der Waals surface area (Å²) in [6, 6.07) is 7.64. The molecule has 1 heterocycles. The number of rotatable bonds is 1.